The summed E-state index contributed by atoms with van der Waals surface area (Å²) in [5.74, 6) is 0.00442. The molecule has 3 rings (SSSR count). The van der Waals surface area contributed by atoms with Crippen molar-refractivity contribution in [2.45, 2.75) is 19.5 Å². The summed E-state index contributed by atoms with van der Waals surface area (Å²) in [4.78, 5) is 11.9. The maximum atomic E-state index is 11.9. The quantitative estimate of drug-likeness (QED) is 0.757. The van der Waals surface area contributed by atoms with Crippen molar-refractivity contribution < 1.29 is 4.79 Å². The first-order chi connectivity index (χ1) is 10.7. The highest BCUT2D eigenvalue weighted by atomic mass is 35.5. The molecule has 1 aromatic carbocycles. The Morgan fingerprint density at radius 3 is 3.00 bits per heavy atom. The van der Waals surface area contributed by atoms with E-state index in [0.29, 0.717) is 31.1 Å². The van der Waals surface area contributed by atoms with E-state index in [2.05, 4.69) is 15.5 Å². The van der Waals surface area contributed by atoms with Crippen molar-refractivity contribution in [1.29, 1.82) is 0 Å². The molecule has 2 heterocycles. The Labute approximate surface area is 132 Å². The summed E-state index contributed by atoms with van der Waals surface area (Å²) in [6, 6.07) is 7.47. The molecule has 1 amide bonds. The minimum Gasteiger partial charge on any atom is -0.354 e. The van der Waals surface area contributed by atoms with Crippen LogP contribution < -0.4 is 5.32 Å². The highest BCUT2D eigenvalue weighted by Gasteiger charge is 2.06. The summed E-state index contributed by atoms with van der Waals surface area (Å²) in [7, 11) is 0. The lowest BCUT2D eigenvalue weighted by molar-refractivity contribution is -0.121. The molecule has 114 valence electrons. The van der Waals surface area contributed by atoms with Crippen LogP contribution in [0.2, 0.25) is 5.02 Å². The van der Waals surface area contributed by atoms with Crippen molar-refractivity contribution in [3.05, 3.63) is 47.9 Å². The van der Waals surface area contributed by atoms with Crippen LogP contribution in [0.3, 0.4) is 0 Å². The number of rotatable bonds is 6. The Morgan fingerprint density at radius 1 is 1.27 bits per heavy atom. The van der Waals surface area contributed by atoms with Crippen LogP contribution in [-0.2, 0) is 17.9 Å². The molecule has 0 aliphatic carbocycles. The van der Waals surface area contributed by atoms with Crippen molar-refractivity contribution in [3.8, 4) is 0 Å². The van der Waals surface area contributed by atoms with Gasteiger partial charge in [0.1, 0.15) is 0 Å². The van der Waals surface area contributed by atoms with Gasteiger partial charge in [0.15, 0.2) is 0 Å². The van der Waals surface area contributed by atoms with Crippen molar-refractivity contribution in [1.82, 2.24) is 24.9 Å². The zero-order valence-corrected chi connectivity index (χ0v) is 12.7. The molecule has 0 bridgehead atoms. The number of carbonyl (C=O) groups excluding carboxylic acids is 1. The van der Waals surface area contributed by atoms with Gasteiger partial charge in [-0.2, -0.15) is 10.2 Å². The fraction of sp³-hybridized carbons (Fsp3) is 0.267. The van der Waals surface area contributed by atoms with E-state index < -0.39 is 0 Å². The van der Waals surface area contributed by atoms with Gasteiger partial charge in [-0.3, -0.25) is 14.2 Å². The highest BCUT2D eigenvalue weighted by molar-refractivity contribution is 6.31. The third-order valence-corrected chi connectivity index (χ3v) is 3.61. The lowest BCUT2D eigenvalue weighted by Crippen LogP contribution is -2.28. The number of aryl methyl sites for hydroxylation is 1. The van der Waals surface area contributed by atoms with Crippen LogP contribution in [-0.4, -0.2) is 32.0 Å². The molecular weight excluding hydrogens is 302 g/mol. The van der Waals surface area contributed by atoms with Gasteiger partial charge in [-0.05, 0) is 24.3 Å². The number of hydrogen-bond acceptors (Lipinski definition) is 3. The smallest absolute Gasteiger partial charge is 0.221 e. The van der Waals surface area contributed by atoms with Crippen LogP contribution in [0.5, 0.6) is 0 Å². The van der Waals surface area contributed by atoms with Gasteiger partial charge in [-0.15, -0.1) is 0 Å². The van der Waals surface area contributed by atoms with Gasteiger partial charge in [-0.25, -0.2) is 0 Å². The fourth-order valence-corrected chi connectivity index (χ4v) is 2.46. The van der Waals surface area contributed by atoms with Crippen LogP contribution in [0, 0.1) is 0 Å². The molecule has 2 aromatic heterocycles. The first-order valence-electron chi connectivity index (χ1n) is 7.07. The summed E-state index contributed by atoms with van der Waals surface area (Å²) in [5.41, 5.74) is 0.980. The molecule has 0 spiro atoms. The number of hydrogen-bond donors (Lipinski definition) is 1. The normalized spacial score (nSPS) is 11.0. The zero-order valence-electron chi connectivity index (χ0n) is 11.9. The van der Waals surface area contributed by atoms with E-state index in [1.165, 1.54) is 0 Å². The first kappa shape index (κ1) is 14.6. The van der Waals surface area contributed by atoms with Crippen molar-refractivity contribution in [3.63, 3.8) is 0 Å². The molecule has 22 heavy (non-hydrogen) atoms. The second-order valence-corrected chi connectivity index (χ2v) is 5.38. The van der Waals surface area contributed by atoms with Gasteiger partial charge >= 0.3 is 0 Å². The summed E-state index contributed by atoms with van der Waals surface area (Å²) in [5, 5.41) is 12.9. The number of benzene rings is 1. The number of carbonyl (C=O) groups is 1. The predicted molar refractivity (Wildman–Crippen MR) is 84.6 cm³/mol. The van der Waals surface area contributed by atoms with E-state index >= 15 is 0 Å². The number of fused-ring (bicyclic) bond motifs is 1. The molecule has 6 nitrogen and oxygen atoms in total. The summed E-state index contributed by atoms with van der Waals surface area (Å²) >= 11 is 5.95. The zero-order chi connectivity index (χ0) is 15.4. The fourth-order valence-electron chi connectivity index (χ4n) is 2.27. The number of aromatic nitrogens is 4. The van der Waals surface area contributed by atoms with Gasteiger partial charge < -0.3 is 5.32 Å². The van der Waals surface area contributed by atoms with E-state index in [1.54, 1.807) is 17.1 Å². The van der Waals surface area contributed by atoms with E-state index in [1.807, 2.05) is 35.1 Å². The Bertz CT molecular complexity index is 765. The van der Waals surface area contributed by atoms with Crippen LogP contribution in [0.25, 0.3) is 10.9 Å². The van der Waals surface area contributed by atoms with Gasteiger partial charge in [0.05, 0.1) is 24.8 Å². The monoisotopic (exact) mass is 317 g/mol. The van der Waals surface area contributed by atoms with E-state index in [0.717, 1.165) is 10.9 Å². The Kier molecular flexibility index (Phi) is 4.39. The maximum absolute atomic E-state index is 11.9. The molecule has 0 saturated carbocycles. The average molecular weight is 318 g/mol. The molecule has 0 saturated heterocycles. The van der Waals surface area contributed by atoms with E-state index in [4.69, 9.17) is 11.6 Å². The van der Waals surface area contributed by atoms with Crippen LogP contribution in [0.4, 0.5) is 0 Å². The molecule has 0 aliphatic rings. The molecule has 1 N–H and O–H groups in total. The molecule has 0 fully saturated rings. The summed E-state index contributed by atoms with van der Waals surface area (Å²) in [6.45, 7) is 1.77. The second kappa shape index (κ2) is 6.62. The first-order valence-corrected chi connectivity index (χ1v) is 7.45. The van der Waals surface area contributed by atoms with Gasteiger partial charge in [0.25, 0.3) is 0 Å². The Hall–Kier alpha value is -2.34. The standard InChI is InChI=1S/C15H16ClN5O/c16-13-2-3-14-12(10-13)11-19-21(14)8-4-15(22)17-6-9-20-7-1-5-18-20/h1-3,5,7,10-11H,4,6,8-9H2,(H,17,22). The summed E-state index contributed by atoms with van der Waals surface area (Å²) < 4.78 is 3.60. The molecule has 0 atom stereocenters. The van der Waals surface area contributed by atoms with E-state index in [-0.39, 0.29) is 5.91 Å². The minimum absolute atomic E-state index is 0.00442. The number of nitrogens with zero attached hydrogens (tertiary/aromatic N) is 4. The largest absolute Gasteiger partial charge is 0.354 e. The molecule has 0 radical (unpaired) electrons. The Balaban J connectivity index is 1.49. The van der Waals surface area contributed by atoms with Crippen molar-refractivity contribution in [2.24, 2.45) is 0 Å². The number of amides is 1. The SMILES string of the molecule is O=C(CCn1ncc2cc(Cl)ccc21)NCCn1cccn1. The van der Waals surface area contributed by atoms with Crippen LogP contribution in [0.15, 0.2) is 42.9 Å². The minimum atomic E-state index is 0.00442. The second-order valence-electron chi connectivity index (χ2n) is 4.94. The summed E-state index contributed by atoms with van der Waals surface area (Å²) in [6.07, 6.45) is 5.74. The third kappa shape index (κ3) is 3.46. The van der Waals surface area contributed by atoms with Crippen molar-refractivity contribution >= 4 is 28.4 Å². The maximum Gasteiger partial charge on any atom is 0.221 e. The number of halogens is 1. The molecule has 7 heteroatoms. The van der Waals surface area contributed by atoms with Crippen LogP contribution in [0.1, 0.15) is 6.42 Å². The molecular formula is C15H16ClN5O. The number of nitrogens with one attached hydrogen (secondary N) is 1. The van der Waals surface area contributed by atoms with E-state index in [9.17, 15) is 4.79 Å². The lowest BCUT2D eigenvalue weighted by atomic mass is 10.2. The predicted octanol–water partition coefficient (Wildman–Crippen LogP) is 2.09. The average Bonchev–Trinajstić information content (AvgIpc) is 3.14. The van der Waals surface area contributed by atoms with Gasteiger partial charge in [0.2, 0.25) is 5.91 Å². The topological polar surface area (TPSA) is 64.7 Å². The molecule has 0 unspecified atom stereocenters. The highest BCUT2D eigenvalue weighted by Crippen LogP contribution is 2.18. The van der Waals surface area contributed by atoms with Gasteiger partial charge in [-0.1, -0.05) is 11.6 Å². The molecule has 3 aromatic rings. The molecule has 0 aliphatic heterocycles. The third-order valence-electron chi connectivity index (χ3n) is 3.38. The Morgan fingerprint density at radius 2 is 2.18 bits per heavy atom. The lowest BCUT2D eigenvalue weighted by Gasteiger charge is -2.06. The van der Waals surface area contributed by atoms with Gasteiger partial charge in [0, 0.05) is 35.8 Å². The van der Waals surface area contributed by atoms with Crippen LogP contribution >= 0.6 is 11.6 Å². The van der Waals surface area contributed by atoms with Crippen molar-refractivity contribution in [2.75, 3.05) is 6.54 Å².